The van der Waals surface area contributed by atoms with Crippen molar-refractivity contribution >= 4 is 15.9 Å². The highest BCUT2D eigenvalue weighted by atomic mass is 79.9. The normalized spacial score (nSPS) is 9.76. The van der Waals surface area contributed by atoms with E-state index < -0.39 is 0 Å². The Balaban J connectivity index is 0.000000423. The fourth-order valence-electron chi connectivity index (χ4n) is 5.09. The van der Waals surface area contributed by atoms with Crippen LogP contribution in [0.5, 0.6) is 0 Å². The van der Waals surface area contributed by atoms with Crippen molar-refractivity contribution in [2.24, 2.45) is 0 Å². The molecule has 0 bridgehead atoms. The van der Waals surface area contributed by atoms with Crippen LogP contribution in [0.15, 0.2) is 91.5 Å². The zero-order valence-corrected chi connectivity index (χ0v) is 34.2. The number of pyridine rings is 2. The first kappa shape index (κ1) is 45.8. The van der Waals surface area contributed by atoms with Gasteiger partial charge in [0.2, 0.25) is 0 Å². The van der Waals surface area contributed by atoms with E-state index in [1.165, 1.54) is 59.9 Å². The van der Waals surface area contributed by atoms with Gasteiger partial charge in [-0.1, -0.05) is 96.6 Å². The average molecular weight is 819 g/mol. The van der Waals surface area contributed by atoms with Crippen molar-refractivity contribution < 1.29 is 31.8 Å². The van der Waals surface area contributed by atoms with Crippen LogP contribution >= 0.6 is 15.9 Å². The molecule has 0 amide bonds. The Bertz CT molecular complexity index is 1570. The number of aryl methyl sites for hydroxylation is 6. The molecule has 2 N–H and O–H groups in total. The first-order valence-corrected chi connectivity index (χ1v) is 19.4. The summed E-state index contributed by atoms with van der Waals surface area (Å²) in [5.74, 6) is 12.8. The number of rotatable bonds is 15. The van der Waals surface area contributed by atoms with Crippen LogP contribution in [-0.4, -0.2) is 33.7 Å². The number of unbranched alkanes of at least 4 members (excludes halogenated alkanes) is 2. The van der Waals surface area contributed by atoms with Crippen LogP contribution in [0.25, 0.3) is 0 Å². The third kappa shape index (κ3) is 22.3. The zero-order chi connectivity index (χ0) is 36.1. The molecule has 0 radical (unpaired) electrons. The van der Waals surface area contributed by atoms with Crippen molar-refractivity contribution in [3.05, 3.63) is 130 Å². The summed E-state index contributed by atoms with van der Waals surface area (Å²) in [4.78, 5) is 3.96. The van der Waals surface area contributed by atoms with Crippen LogP contribution in [-0.2, 0) is 32.2 Å². The maximum absolute atomic E-state index is 8.98. The molecule has 0 fully saturated rings. The lowest BCUT2D eigenvalue weighted by Gasteiger charge is -2.01. The largest absolute Gasteiger partial charge is 1.00 e. The van der Waals surface area contributed by atoms with E-state index >= 15 is 0 Å². The minimum Gasteiger partial charge on any atom is -1.00 e. The van der Waals surface area contributed by atoms with Gasteiger partial charge in [-0.05, 0) is 111 Å². The van der Waals surface area contributed by atoms with Gasteiger partial charge in [-0.2, -0.15) is 0 Å². The quantitative estimate of drug-likeness (QED) is 0.0859. The lowest BCUT2D eigenvalue weighted by atomic mass is 10.1. The van der Waals surface area contributed by atoms with Crippen LogP contribution in [0.3, 0.4) is 0 Å². The zero-order valence-electron chi connectivity index (χ0n) is 31.0. The third-order valence-corrected chi connectivity index (χ3v) is 8.21. The minimum absolute atomic E-state index is 0. The third-order valence-electron chi connectivity index (χ3n) is 7.81. The lowest BCUT2D eigenvalue weighted by Crippen LogP contribution is -3.00. The molecule has 0 spiro atoms. The van der Waals surface area contributed by atoms with Crippen LogP contribution in [0, 0.1) is 30.6 Å². The molecule has 0 saturated carbocycles. The van der Waals surface area contributed by atoms with Crippen molar-refractivity contribution in [3.63, 3.8) is 0 Å². The van der Waals surface area contributed by atoms with Gasteiger partial charge in [0.1, 0.15) is 0 Å². The lowest BCUT2D eigenvalue weighted by molar-refractivity contribution is -0.696. The highest BCUT2D eigenvalue weighted by Gasteiger charge is 2.05. The molecule has 274 valence electrons. The van der Waals surface area contributed by atoms with Crippen LogP contribution in [0.2, 0.25) is 0 Å². The Morgan fingerprint density at radius 1 is 0.667 bits per heavy atom. The van der Waals surface area contributed by atoms with Crippen LogP contribution in [0.4, 0.5) is 0 Å². The number of nitrogens with zero attached hydrogens (tertiary/aromatic N) is 2. The van der Waals surface area contributed by atoms with Crippen molar-refractivity contribution in [3.8, 4) is 23.7 Å². The van der Waals surface area contributed by atoms with E-state index in [0.29, 0.717) is 0 Å². The van der Waals surface area contributed by atoms with Crippen LogP contribution < -0.4 is 21.5 Å². The molecule has 2 aromatic carbocycles. The summed E-state index contributed by atoms with van der Waals surface area (Å²) in [6.45, 7) is 7.97. The molecule has 0 unspecified atom stereocenters. The molecular formula is C45H58Br2N2O2. The summed E-state index contributed by atoms with van der Waals surface area (Å²) in [5.41, 5.74) is 8.77. The maximum Gasteiger partial charge on any atom is 0.172 e. The highest BCUT2D eigenvalue weighted by molar-refractivity contribution is 9.09. The Morgan fingerprint density at radius 3 is 1.69 bits per heavy atom. The molecule has 51 heavy (non-hydrogen) atoms. The number of aliphatic hydroxyl groups excluding tert-OH is 2. The second-order valence-electron chi connectivity index (χ2n) is 12.4. The maximum atomic E-state index is 8.98. The van der Waals surface area contributed by atoms with E-state index in [2.05, 4.69) is 137 Å². The summed E-state index contributed by atoms with van der Waals surface area (Å²) in [6, 6.07) is 23.4. The summed E-state index contributed by atoms with van der Waals surface area (Å²) in [7, 11) is 0. The van der Waals surface area contributed by atoms with Gasteiger partial charge in [0.25, 0.3) is 0 Å². The molecule has 2 aromatic heterocycles. The summed E-state index contributed by atoms with van der Waals surface area (Å²) in [6.07, 6.45) is 20.5. The van der Waals surface area contributed by atoms with Crippen molar-refractivity contribution in [2.75, 3.05) is 18.5 Å². The van der Waals surface area contributed by atoms with Gasteiger partial charge < -0.3 is 27.2 Å². The second-order valence-corrected chi connectivity index (χ2v) is 13.2. The van der Waals surface area contributed by atoms with E-state index in [9.17, 15) is 0 Å². The molecule has 2 heterocycles. The number of hydrogen-bond acceptors (Lipinski definition) is 3. The summed E-state index contributed by atoms with van der Waals surface area (Å²) >= 11 is 3.36. The molecule has 6 heteroatoms. The first-order chi connectivity index (χ1) is 24.5. The molecular weight excluding hydrogens is 760 g/mol. The van der Waals surface area contributed by atoms with Crippen LogP contribution in [0.1, 0.15) is 104 Å². The number of aliphatic hydroxyl groups is 2. The number of benzene rings is 2. The summed E-state index contributed by atoms with van der Waals surface area (Å²) in [5, 5.41) is 18.4. The monoisotopic (exact) mass is 816 g/mol. The Labute approximate surface area is 328 Å². The predicted molar refractivity (Wildman–Crippen MR) is 213 cm³/mol. The van der Waals surface area contributed by atoms with Crippen molar-refractivity contribution in [2.45, 2.75) is 104 Å². The standard InChI is InChI=1S/C23H30NO.C14H17Br.C8H11NO.BrH/c1-3-4-8-21-11-13-22(14-12-21)9-5-6-15-24-18-20(2)17-23(19-24)10-7-16-25;1-2-3-6-13-8-10-14(11-9-13)7-4-5-12-15;10-6-2-4-8-3-1-5-9-7-8;/h11-14,17-19,25H,3-4,6-8,10,15-16H2,1-2H3;8-11H,2-3,5-6,12H2,1H3;1,3,5,7,10H,2,4,6H2;1H/q+1;;;/p-1. The molecule has 4 nitrogen and oxygen atoms in total. The van der Waals surface area contributed by atoms with Gasteiger partial charge in [0.05, 0.1) is 6.42 Å². The first-order valence-electron chi connectivity index (χ1n) is 18.3. The number of halogens is 2. The van der Waals surface area contributed by atoms with Crippen molar-refractivity contribution in [1.82, 2.24) is 4.98 Å². The van der Waals surface area contributed by atoms with Gasteiger partial charge in [-0.25, -0.2) is 4.57 Å². The average Bonchev–Trinajstić information content (AvgIpc) is 3.15. The van der Waals surface area contributed by atoms with Gasteiger partial charge in [-0.15, -0.1) is 0 Å². The van der Waals surface area contributed by atoms with E-state index in [0.717, 1.165) is 67.9 Å². The minimum atomic E-state index is 0. The van der Waals surface area contributed by atoms with Crippen molar-refractivity contribution in [1.29, 1.82) is 0 Å². The highest BCUT2D eigenvalue weighted by Crippen LogP contribution is 2.09. The number of alkyl halides is 1. The molecule has 0 aliphatic carbocycles. The number of hydrogen-bond donors (Lipinski definition) is 2. The van der Waals surface area contributed by atoms with E-state index in [-0.39, 0.29) is 30.2 Å². The summed E-state index contributed by atoms with van der Waals surface area (Å²) < 4.78 is 2.21. The van der Waals surface area contributed by atoms with Gasteiger partial charge in [0, 0.05) is 59.6 Å². The molecule has 4 aromatic rings. The van der Waals surface area contributed by atoms with E-state index in [1.54, 1.807) is 6.20 Å². The SMILES string of the molecule is CCCCc1ccc(C#CCCBr)cc1.CCCCc1ccc(C#CCC[n+]2cc(C)cc(CCCO)c2)cc1.OCCCc1cccnc1.[Br-]. The topological polar surface area (TPSA) is 57.2 Å². The molecule has 0 aliphatic rings. The Morgan fingerprint density at radius 2 is 1.20 bits per heavy atom. The van der Waals surface area contributed by atoms with Gasteiger partial charge in [0.15, 0.2) is 18.9 Å². The molecule has 0 atom stereocenters. The fraction of sp³-hybridized carbons (Fsp3) is 0.422. The van der Waals surface area contributed by atoms with Gasteiger partial charge in [-0.3, -0.25) is 4.98 Å². The molecule has 0 aliphatic heterocycles. The van der Waals surface area contributed by atoms with E-state index in [1.807, 2.05) is 18.3 Å². The molecule has 0 saturated heterocycles. The second kappa shape index (κ2) is 30.4. The number of aromatic nitrogens is 2. The Kier molecular flexibility index (Phi) is 27.3. The van der Waals surface area contributed by atoms with E-state index in [4.69, 9.17) is 10.2 Å². The smallest absolute Gasteiger partial charge is 0.172 e. The fourth-order valence-corrected chi connectivity index (χ4v) is 5.29. The predicted octanol–water partition coefficient (Wildman–Crippen LogP) is 6.17. The Hall–Kier alpha value is -3.26. The van der Waals surface area contributed by atoms with Gasteiger partial charge >= 0.3 is 0 Å². The molecule has 4 rings (SSSR count).